The molecule has 2 aromatic carbocycles. The third-order valence-corrected chi connectivity index (χ3v) is 4.84. The zero-order valence-corrected chi connectivity index (χ0v) is 17.6. The van der Waals surface area contributed by atoms with E-state index in [1.165, 1.54) is 19.1 Å². The number of ether oxygens (including phenoxy) is 1. The number of nitrogens with zero attached hydrogens (tertiary/aromatic N) is 1. The van der Waals surface area contributed by atoms with Crippen LogP contribution in [0.15, 0.2) is 54.6 Å². The summed E-state index contributed by atoms with van der Waals surface area (Å²) in [5.41, 5.74) is 3.25. The van der Waals surface area contributed by atoms with Gasteiger partial charge in [0.25, 0.3) is 0 Å². The van der Waals surface area contributed by atoms with Gasteiger partial charge >= 0.3 is 5.97 Å². The van der Waals surface area contributed by atoms with Crippen LogP contribution in [0.4, 0.5) is 10.1 Å². The number of hydrogen-bond donors (Lipinski definition) is 1. The van der Waals surface area contributed by atoms with Crippen molar-refractivity contribution in [2.75, 3.05) is 11.9 Å². The molecule has 31 heavy (non-hydrogen) atoms. The summed E-state index contributed by atoms with van der Waals surface area (Å²) >= 11 is 0. The molecule has 0 bridgehead atoms. The van der Waals surface area contributed by atoms with E-state index in [0.29, 0.717) is 33.8 Å². The molecule has 6 nitrogen and oxygen atoms in total. The van der Waals surface area contributed by atoms with E-state index >= 15 is 0 Å². The molecule has 1 heterocycles. The van der Waals surface area contributed by atoms with Gasteiger partial charge in [-0.2, -0.15) is 0 Å². The van der Waals surface area contributed by atoms with Crippen LogP contribution in [-0.4, -0.2) is 28.8 Å². The fourth-order valence-corrected chi connectivity index (χ4v) is 3.35. The highest BCUT2D eigenvalue weighted by Crippen LogP contribution is 2.27. The normalized spacial score (nSPS) is 10.6. The molecular weight excluding hydrogens is 399 g/mol. The number of carbonyl (C=O) groups is 3. The lowest BCUT2D eigenvalue weighted by atomic mass is 10.1. The molecule has 1 amide bonds. The Bertz CT molecular complexity index is 1130. The number of rotatable bonds is 7. The van der Waals surface area contributed by atoms with Gasteiger partial charge in [-0.05, 0) is 74.9 Å². The second-order valence-electron chi connectivity index (χ2n) is 7.03. The van der Waals surface area contributed by atoms with Gasteiger partial charge in [-0.25, -0.2) is 9.18 Å². The summed E-state index contributed by atoms with van der Waals surface area (Å²) in [5, 5.41) is 2.77. The maximum atomic E-state index is 13.3. The van der Waals surface area contributed by atoms with E-state index in [-0.39, 0.29) is 30.7 Å². The number of Topliss-reactive ketones (excluding diaryl/α,β-unsaturated/α-hetero) is 1. The number of ketones is 1. The Hall–Kier alpha value is -3.74. The Labute approximate surface area is 179 Å². The van der Waals surface area contributed by atoms with Crippen molar-refractivity contribution in [1.82, 2.24) is 4.57 Å². The van der Waals surface area contributed by atoms with Crippen molar-refractivity contribution in [2.45, 2.75) is 27.3 Å². The Kier molecular flexibility index (Phi) is 6.65. The summed E-state index contributed by atoms with van der Waals surface area (Å²) in [6.45, 7) is 5.14. The molecule has 1 N–H and O–H groups in total. The predicted molar refractivity (Wildman–Crippen MR) is 116 cm³/mol. The number of hydrogen-bond acceptors (Lipinski definition) is 4. The van der Waals surface area contributed by atoms with Crippen LogP contribution in [0.2, 0.25) is 0 Å². The minimum atomic E-state index is -0.468. The lowest BCUT2D eigenvalue weighted by Gasteiger charge is -2.13. The van der Waals surface area contributed by atoms with Crippen LogP contribution in [0.25, 0.3) is 11.3 Å². The number of esters is 1. The second-order valence-corrected chi connectivity index (χ2v) is 7.03. The standard InChI is InChI=1S/C24H23FN2O4/c1-4-31-24(30)18-6-5-7-20(12-18)26-23(29)14-27-15(2)21(16(3)28)13-22(27)17-8-10-19(25)11-9-17/h5-13H,4,14H2,1-3H3,(H,26,29). The second kappa shape index (κ2) is 9.38. The van der Waals surface area contributed by atoms with Crippen molar-refractivity contribution >= 4 is 23.3 Å². The summed E-state index contributed by atoms with van der Waals surface area (Å²) < 4.78 is 20.0. The molecule has 0 atom stereocenters. The Morgan fingerprint density at radius 3 is 2.42 bits per heavy atom. The molecule has 3 rings (SSSR count). The number of amides is 1. The van der Waals surface area contributed by atoms with Gasteiger partial charge in [-0.15, -0.1) is 0 Å². The van der Waals surface area contributed by atoms with Crippen LogP contribution in [-0.2, 0) is 16.1 Å². The van der Waals surface area contributed by atoms with Crippen molar-refractivity contribution in [1.29, 1.82) is 0 Å². The van der Waals surface area contributed by atoms with Gasteiger partial charge in [0.15, 0.2) is 5.78 Å². The lowest BCUT2D eigenvalue weighted by Crippen LogP contribution is -2.20. The fraction of sp³-hybridized carbons (Fsp3) is 0.208. The van der Waals surface area contributed by atoms with E-state index in [1.807, 2.05) is 0 Å². The summed E-state index contributed by atoms with van der Waals surface area (Å²) in [6, 6.07) is 14.0. The number of benzene rings is 2. The monoisotopic (exact) mass is 422 g/mol. The molecule has 0 saturated heterocycles. The smallest absolute Gasteiger partial charge is 0.338 e. The number of halogens is 1. The van der Waals surface area contributed by atoms with Crippen molar-refractivity contribution < 1.29 is 23.5 Å². The van der Waals surface area contributed by atoms with Gasteiger partial charge in [-0.1, -0.05) is 6.07 Å². The SMILES string of the molecule is CCOC(=O)c1cccc(NC(=O)Cn2c(-c3ccc(F)cc3)cc(C(C)=O)c2C)c1. The zero-order valence-electron chi connectivity index (χ0n) is 17.6. The fourth-order valence-electron chi connectivity index (χ4n) is 3.35. The van der Waals surface area contributed by atoms with Crippen LogP contribution < -0.4 is 5.32 Å². The van der Waals surface area contributed by atoms with Gasteiger partial charge in [0, 0.05) is 22.6 Å². The molecule has 7 heteroatoms. The van der Waals surface area contributed by atoms with Gasteiger partial charge in [0.1, 0.15) is 12.4 Å². The van der Waals surface area contributed by atoms with Crippen LogP contribution in [0.3, 0.4) is 0 Å². The largest absolute Gasteiger partial charge is 0.462 e. The molecule has 0 radical (unpaired) electrons. The highest BCUT2D eigenvalue weighted by molar-refractivity contribution is 5.98. The minimum absolute atomic E-state index is 0.0601. The van der Waals surface area contributed by atoms with E-state index in [1.54, 1.807) is 60.9 Å². The highest BCUT2D eigenvalue weighted by Gasteiger charge is 2.18. The van der Waals surface area contributed by atoms with Crippen molar-refractivity contribution in [3.05, 3.63) is 77.2 Å². The molecule has 3 aromatic rings. The van der Waals surface area contributed by atoms with Gasteiger partial charge < -0.3 is 14.6 Å². The molecule has 0 saturated carbocycles. The molecule has 0 aliphatic heterocycles. The van der Waals surface area contributed by atoms with Gasteiger partial charge in [0.05, 0.1) is 12.2 Å². The summed E-state index contributed by atoms with van der Waals surface area (Å²) in [5.74, 6) is -1.30. The first kappa shape index (κ1) is 22.0. The first-order chi connectivity index (χ1) is 14.8. The lowest BCUT2D eigenvalue weighted by molar-refractivity contribution is -0.116. The Balaban J connectivity index is 1.87. The molecule has 0 fully saturated rings. The summed E-state index contributed by atoms with van der Waals surface area (Å²) in [7, 11) is 0. The predicted octanol–water partition coefficient (Wildman–Crippen LogP) is 4.62. The highest BCUT2D eigenvalue weighted by atomic mass is 19.1. The van der Waals surface area contributed by atoms with Gasteiger partial charge in [-0.3, -0.25) is 9.59 Å². The summed E-state index contributed by atoms with van der Waals surface area (Å²) in [4.78, 5) is 36.7. The summed E-state index contributed by atoms with van der Waals surface area (Å²) in [6.07, 6.45) is 0. The molecule has 1 aromatic heterocycles. The van der Waals surface area contributed by atoms with Crippen molar-refractivity contribution in [2.24, 2.45) is 0 Å². The van der Waals surface area contributed by atoms with Crippen LogP contribution in [0, 0.1) is 12.7 Å². The third-order valence-electron chi connectivity index (χ3n) is 4.84. The quantitative estimate of drug-likeness (QED) is 0.445. The average molecular weight is 422 g/mol. The zero-order chi connectivity index (χ0) is 22.5. The third kappa shape index (κ3) is 5.06. The van der Waals surface area contributed by atoms with Crippen LogP contribution in [0.5, 0.6) is 0 Å². The maximum absolute atomic E-state index is 13.3. The topological polar surface area (TPSA) is 77.4 Å². The van der Waals surface area contributed by atoms with Gasteiger partial charge in [0.2, 0.25) is 5.91 Å². The molecule has 0 spiro atoms. The number of nitrogens with one attached hydrogen (secondary N) is 1. The molecule has 0 aliphatic carbocycles. The van der Waals surface area contributed by atoms with E-state index in [9.17, 15) is 18.8 Å². The molecule has 0 unspecified atom stereocenters. The number of carbonyl (C=O) groups excluding carboxylic acids is 3. The molecular formula is C24H23FN2O4. The first-order valence-electron chi connectivity index (χ1n) is 9.84. The van der Waals surface area contributed by atoms with Crippen molar-refractivity contribution in [3.63, 3.8) is 0 Å². The Morgan fingerprint density at radius 1 is 1.06 bits per heavy atom. The average Bonchev–Trinajstić information content (AvgIpc) is 3.05. The molecule has 0 aliphatic rings. The Morgan fingerprint density at radius 2 is 1.77 bits per heavy atom. The van der Waals surface area contributed by atoms with Crippen molar-refractivity contribution in [3.8, 4) is 11.3 Å². The van der Waals surface area contributed by atoms with E-state index in [2.05, 4.69) is 5.32 Å². The van der Waals surface area contributed by atoms with E-state index < -0.39 is 5.97 Å². The minimum Gasteiger partial charge on any atom is -0.462 e. The molecule has 160 valence electrons. The number of aromatic nitrogens is 1. The number of anilines is 1. The van der Waals surface area contributed by atoms with E-state index in [4.69, 9.17) is 4.74 Å². The maximum Gasteiger partial charge on any atom is 0.338 e. The van der Waals surface area contributed by atoms with E-state index in [0.717, 1.165) is 0 Å². The first-order valence-corrected chi connectivity index (χ1v) is 9.84. The van der Waals surface area contributed by atoms with Crippen LogP contribution >= 0.6 is 0 Å². The van der Waals surface area contributed by atoms with Crippen LogP contribution in [0.1, 0.15) is 40.3 Å².